The van der Waals surface area contributed by atoms with Crippen LogP contribution in [0.15, 0.2) is 60.2 Å². The van der Waals surface area contributed by atoms with Gasteiger partial charge in [-0.1, -0.05) is 35.9 Å². The standard InChI is InChI=1S/C21H23N3O4/c1-4-11-22-20(25)21(26)24-23-13-17-9-10-18(19(12-17)27-3)28-14-16-7-5-15(2)6-8-16/h4-10,12-13H,1,11,14H2,2-3H3,(H,22,25)(H,24,26)/b23-13-. The molecule has 2 aromatic rings. The first-order chi connectivity index (χ1) is 13.5. The topological polar surface area (TPSA) is 89.0 Å². The molecule has 0 spiro atoms. The normalized spacial score (nSPS) is 10.4. The van der Waals surface area contributed by atoms with Crippen molar-refractivity contribution in [1.29, 1.82) is 0 Å². The molecule has 0 aliphatic carbocycles. The second-order valence-electron chi connectivity index (χ2n) is 5.88. The van der Waals surface area contributed by atoms with Gasteiger partial charge in [0, 0.05) is 6.54 Å². The number of methoxy groups -OCH3 is 1. The summed E-state index contributed by atoms with van der Waals surface area (Å²) in [7, 11) is 1.54. The summed E-state index contributed by atoms with van der Waals surface area (Å²) in [5, 5.41) is 6.13. The summed E-state index contributed by atoms with van der Waals surface area (Å²) in [6.07, 6.45) is 2.88. The number of amides is 2. The predicted octanol–water partition coefficient (Wildman–Crippen LogP) is 2.33. The number of nitrogens with zero attached hydrogens (tertiary/aromatic N) is 1. The highest BCUT2D eigenvalue weighted by atomic mass is 16.5. The fourth-order valence-corrected chi connectivity index (χ4v) is 2.19. The molecule has 0 unspecified atom stereocenters. The minimum atomic E-state index is -0.858. The van der Waals surface area contributed by atoms with Crippen molar-refractivity contribution in [2.45, 2.75) is 13.5 Å². The third kappa shape index (κ3) is 6.28. The Bertz CT molecular complexity index is 860. The van der Waals surface area contributed by atoms with Gasteiger partial charge in [0.15, 0.2) is 11.5 Å². The largest absolute Gasteiger partial charge is 0.493 e. The van der Waals surface area contributed by atoms with Gasteiger partial charge >= 0.3 is 11.8 Å². The van der Waals surface area contributed by atoms with Crippen LogP contribution in [0.2, 0.25) is 0 Å². The molecule has 0 bridgehead atoms. The van der Waals surface area contributed by atoms with Crippen LogP contribution in [0.25, 0.3) is 0 Å². The predicted molar refractivity (Wildman–Crippen MR) is 107 cm³/mol. The number of carbonyl (C=O) groups is 2. The maximum atomic E-state index is 11.5. The average molecular weight is 381 g/mol. The Hall–Kier alpha value is -3.61. The first kappa shape index (κ1) is 20.7. The van der Waals surface area contributed by atoms with Crippen LogP contribution in [0.4, 0.5) is 0 Å². The Morgan fingerprint density at radius 1 is 1.11 bits per heavy atom. The van der Waals surface area contributed by atoms with E-state index in [2.05, 4.69) is 22.4 Å². The lowest BCUT2D eigenvalue weighted by Crippen LogP contribution is -2.37. The van der Waals surface area contributed by atoms with Crippen molar-refractivity contribution in [2.75, 3.05) is 13.7 Å². The fraction of sp³-hybridized carbons (Fsp3) is 0.190. The molecule has 0 saturated heterocycles. The molecule has 2 aromatic carbocycles. The van der Waals surface area contributed by atoms with E-state index in [0.717, 1.165) is 5.56 Å². The van der Waals surface area contributed by atoms with Gasteiger partial charge in [0.1, 0.15) is 6.61 Å². The van der Waals surface area contributed by atoms with Crippen molar-refractivity contribution in [2.24, 2.45) is 5.10 Å². The quantitative estimate of drug-likeness (QED) is 0.318. The van der Waals surface area contributed by atoms with Crippen LogP contribution in [0.3, 0.4) is 0 Å². The molecule has 2 amide bonds. The fourth-order valence-electron chi connectivity index (χ4n) is 2.19. The number of hydrogen-bond donors (Lipinski definition) is 2. The van der Waals surface area contributed by atoms with Crippen LogP contribution < -0.4 is 20.2 Å². The van der Waals surface area contributed by atoms with E-state index in [9.17, 15) is 9.59 Å². The van der Waals surface area contributed by atoms with Crippen LogP contribution in [0.1, 0.15) is 16.7 Å². The van der Waals surface area contributed by atoms with E-state index >= 15 is 0 Å². The number of hydrogen-bond acceptors (Lipinski definition) is 5. The van der Waals surface area contributed by atoms with Crippen LogP contribution in [0, 0.1) is 6.92 Å². The number of ether oxygens (including phenoxy) is 2. The highest BCUT2D eigenvalue weighted by Crippen LogP contribution is 2.28. The monoisotopic (exact) mass is 381 g/mol. The molecule has 2 rings (SSSR count). The number of nitrogens with one attached hydrogen (secondary N) is 2. The van der Waals surface area contributed by atoms with Crippen molar-refractivity contribution in [3.8, 4) is 11.5 Å². The highest BCUT2D eigenvalue weighted by molar-refractivity contribution is 6.35. The summed E-state index contributed by atoms with van der Waals surface area (Å²) in [6, 6.07) is 13.3. The van der Waals surface area contributed by atoms with Gasteiger partial charge in [-0.3, -0.25) is 9.59 Å². The SMILES string of the molecule is C=CCNC(=O)C(=O)N/N=C\c1ccc(OCc2ccc(C)cc2)c(OC)c1. The summed E-state index contributed by atoms with van der Waals surface area (Å²) >= 11 is 0. The van der Waals surface area contributed by atoms with E-state index in [1.165, 1.54) is 17.9 Å². The molecule has 0 aliphatic heterocycles. The van der Waals surface area contributed by atoms with Crippen LogP contribution in [-0.2, 0) is 16.2 Å². The van der Waals surface area contributed by atoms with E-state index in [0.29, 0.717) is 23.7 Å². The second kappa shape index (κ2) is 10.5. The molecule has 28 heavy (non-hydrogen) atoms. The Labute approximate surface area is 164 Å². The summed E-state index contributed by atoms with van der Waals surface area (Å²) < 4.78 is 11.2. The third-order valence-corrected chi connectivity index (χ3v) is 3.70. The highest BCUT2D eigenvalue weighted by Gasteiger charge is 2.10. The van der Waals surface area contributed by atoms with Gasteiger partial charge in [-0.2, -0.15) is 5.10 Å². The molecule has 7 nitrogen and oxygen atoms in total. The van der Waals surface area contributed by atoms with E-state index < -0.39 is 11.8 Å². The van der Waals surface area contributed by atoms with Gasteiger partial charge in [0.25, 0.3) is 0 Å². The first-order valence-electron chi connectivity index (χ1n) is 8.62. The Kier molecular flexibility index (Phi) is 7.77. The lowest BCUT2D eigenvalue weighted by atomic mass is 10.2. The summed E-state index contributed by atoms with van der Waals surface area (Å²) in [4.78, 5) is 23.0. The van der Waals surface area contributed by atoms with Crippen molar-refractivity contribution in [1.82, 2.24) is 10.7 Å². The zero-order valence-corrected chi connectivity index (χ0v) is 15.9. The summed E-state index contributed by atoms with van der Waals surface area (Å²) in [6.45, 7) is 6.11. The molecule has 0 radical (unpaired) electrons. The summed E-state index contributed by atoms with van der Waals surface area (Å²) in [5.41, 5.74) is 5.07. The average Bonchev–Trinajstić information content (AvgIpc) is 2.71. The van der Waals surface area contributed by atoms with Gasteiger partial charge in [-0.15, -0.1) is 6.58 Å². The zero-order valence-electron chi connectivity index (χ0n) is 15.9. The first-order valence-corrected chi connectivity index (χ1v) is 8.62. The lowest BCUT2D eigenvalue weighted by Gasteiger charge is -2.11. The number of rotatable bonds is 8. The van der Waals surface area contributed by atoms with Gasteiger partial charge in [0.2, 0.25) is 0 Å². The maximum Gasteiger partial charge on any atom is 0.329 e. The summed E-state index contributed by atoms with van der Waals surface area (Å²) in [5.74, 6) is -0.517. The van der Waals surface area contributed by atoms with Crippen molar-refractivity contribution in [3.63, 3.8) is 0 Å². The van der Waals surface area contributed by atoms with Gasteiger partial charge in [-0.25, -0.2) is 5.43 Å². The number of aryl methyl sites for hydroxylation is 1. The van der Waals surface area contributed by atoms with Crippen molar-refractivity contribution in [3.05, 3.63) is 71.8 Å². The molecular formula is C21H23N3O4. The Morgan fingerprint density at radius 3 is 2.54 bits per heavy atom. The molecular weight excluding hydrogens is 358 g/mol. The molecule has 0 heterocycles. The smallest absolute Gasteiger partial charge is 0.329 e. The third-order valence-electron chi connectivity index (χ3n) is 3.70. The van der Waals surface area contributed by atoms with Crippen LogP contribution >= 0.6 is 0 Å². The molecule has 0 aromatic heterocycles. The number of hydrazone groups is 1. The second-order valence-corrected chi connectivity index (χ2v) is 5.88. The van der Waals surface area contributed by atoms with Crippen molar-refractivity contribution >= 4 is 18.0 Å². The van der Waals surface area contributed by atoms with E-state index in [-0.39, 0.29) is 6.54 Å². The van der Waals surface area contributed by atoms with Gasteiger partial charge < -0.3 is 14.8 Å². The van der Waals surface area contributed by atoms with Crippen molar-refractivity contribution < 1.29 is 19.1 Å². The maximum absolute atomic E-state index is 11.5. The van der Waals surface area contributed by atoms with E-state index in [1.807, 2.05) is 31.2 Å². The Balaban J connectivity index is 1.96. The Morgan fingerprint density at radius 2 is 1.86 bits per heavy atom. The minimum Gasteiger partial charge on any atom is -0.493 e. The molecule has 2 N–H and O–H groups in total. The number of benzene rings is 2. The minimum absolute atomic E-state index is 0.206. The van der Waals surface area contributed by atoms with E-state index in [1.54, 1.807) is 25.3 Å². The van der Waals surface area contributed by atoms with Crippen LogP contribution in [-0.4, -0.2) is 31.7 Å². The van der Waals surface area contributed by atoms with E-state index in [4.69, 9.17) is 9.47 Å². The molecule has 0 saturated carbocycles. The number of carbonyl (C=O) groups excluding carboxylic acids is 2. The molecule has 0 atom stereocenters. The lowest BCUT2D eigenvalue weighted by molar-refractivity contribution is -0.139. The van der Waals surface area contributed by atoms with Gasteiger partial charge in [-0.05, 0) is 36.2 Å². The zero-order chi connectivity index (χ0) is 20.4. The van der Waals surface area contributed by atoms with Crippen LogP contribution in [0.5, 0.6) is 11.5 Å². The van der Waals surface area contributed by atoms with Gasteiger partial charge in [0.05, 0.1) is 13.3 Å². The molecule has 146 valence electrons. The molecule has 7 heteroatoms. The molecule has 0 fully saturated rings. The molecule has 0 aliphatic rings.